The second-order valence-corrected chi connectivity index (χ2v) is 5.99. The topological polar surface area (TPSA) is 49.4 Å². The van der Waals surface area contributed by atoms with Crippen molar-refractivity contribution in [3.63, 3.8) is 0 Å². The number of amides is 2. The summed E-state index contributed by atoms with van der Waals surface area (Å²) >= 11 is 0. The number of anilines is 1. The second kappa shape index (κ2) is 6.29. The molecule has 1 fully saturated rings. The monoisotopic (exact) mass is 288 g/mol. The van der Waals surface area contributed by atoms with Crippen LogP contribution < -0.4 is 10.2 Å². The molecular formula is C17H24N2O2. The summed E-state index contributed by atoms with van der Waals surface area (Å²) in [5.41, 5.74) is 3.26. The fourth-order valence-electron chi connectivity index (χ4n) is 2.49. The third-order valence-electron chi connectivity index (χ3n) is 4.30. The molecule has 2 atom stereocenters. The summed E-state index contributed by atoms with van der Waals surface area (Å²) in [5, 5.41) is 2.97. The first kappa shape index (κ1) is 15.5. The van der Waals surface area contributed by atoms with Crippen LogP contribution in [0.5, 0.6) is 0 Å². The van der Waals surface area contributed by atoms with Gasteiger partial charge in [-0.2, -0.15) is 0 Å². The van der Waals surface area contributed by atoms with E-state index >= 15 is 0 Å². The Morgan fingerprint density at radius 2 is 2.10 bits per heavy atom. The van der Waals surface area contributed by atoms with Gasteiger partial charge < -0.3 is 10.2 Å². The zero-order chi connectivity index (χ0) is 15.6. The van der Waals surface area contributed by atoms with E-state index in [0.29, 0.717) is 13.0 Å². The molecule has 0 radical (unpaired) electrons. The molecule has 0 aromatic heterocycles. The second-order valence-electron chi connectivity index (χ2n) is 5.99. The number of rotatable bonds is 4. The van der Waals surface area contributed by atoms with Crippen molar-refractivity contribution < 1.29 is 9.59 Å². The van der Waals surface area contributed by atoms with Gasteiger partial charge in [-0.15, -0.1) is 0 Å². The van der Waals surface area contributed by atoms with Crippen molar-refractivity contribution >= 4 is 17.5 Å². The highest BCUT2D eigenvalue weighted by molar-refractivity contribution is 6.00. The lowest BCUT2D eigenvalue weighted by molar-refractivity contribution is -0.126. The predicted octanol–water partition coefficient (Wildman–Crippen LogP) is 2.57. The van der Waals surface area contributed by atoms with Gasteiger partial charge in [-0.1, -0.05) is 13.0 Å². The number of hydrogen-bond donors (Lipinski definition) is 1. The van der Waals surface area contributed by atoms with Gasteiger partial charge in [0, 0.05) is 24.7 Å². The van der Waals surface area contributed by atoms with Crippen molar-refractivity contribution in [2.45, 2.75) is 46.6 Å². The molecular weight excluding hydrogens is 264 g/mol. The van der Waals surface area contributed by atoms with Gasteiger partial charge in [-0.25, -0.2) is 0 Å². The van der Waals surface area contributed by atoms with Crippen LogP contribution in [-0.2, 0) is 9.59 Å². The lowest BCUT2D eigenvalue weighted by Gasteiger charge is -2.19. The standard InChI is InChI=1S/C17H24N2O2/c1-5-13(4)18-17(21)14-9-16(20)19(10-14)15-7-6-11(2)12(3)8-15/h6-8,13-14H,5,9-10H2,1-4H3,(H,18,21)/t13-,14+/m1/s1. The number of carbonyl (C=O) groups is 2. The summed E-state index contributed by atoms with van der Waals surface area (Å²) in [7, 11) is 0. The quantitative estimate of drug-likeness (QED) is 0.925. The van der Waals surface area contributed by atoms with Crippen molar-refractivity contribution in [2.75, 3.05) is 11.4 Å². The Hall–Kier alpha value is -1.84. The molecule has 1 aliphatic heterocycles. The third-order valence-corrected chi connectivity index (χ3v) is 4.30. The van der Waals surface area contributed by atoms with Crippen LogP contribution in [0, 0.1) is 19.8 Å². The molecule has 4 nitrogen and oxygen atoms in total. The van der Waals surface area contributed by atoms with Gasteiger partial charge in [0.25, 0.3) is 0 Å². The fourth-order valence-corrected chi connectivity index (χ4v) is 2.49. The Labute approximate surface area is 126 Å². The van der Waals surface area contributed by atoms with Crippen molar-refractivity contribution in [2.24, 2.45) is 5.92 Å². The maximum absolute atomic E-state index is 12.2. The Morgan fingerprint density at radius 1 is 1.38 bits per heavy atom. The van der Waals surface area contributed by atoms with E-state index in [1.807, 2.05) is 45.9 Å². The van der Waals surface area contributed by atoms with Gasteiger partial charge in [0.05, 0.1) is 5.92 Å². The lowest BCUT2D eigenvalue weighted by atomic mass is 10.1. The molecule has 1 N–H and O–H groups in total. The van der Waals surface area contributed by atoms with Crippen LogP contribution in [0.3, 0.4) is 0 Å². The Bertz CT molecular complexity index is 554. The zero-order valence-electron chi connectivity index (χ0n) is 13.3. The van der Waals surface area contributed by atoms with E-state index in [2.05, 4.69) is 5.32 Å². The molecule has 0 unspecified atom stereocenters. The van der Waals surface area contributed by atoms with Gasteiger partial charge in [-0.3, -0.25) is 9.59 Å². The highest BCUT2D eigenvalue weighted by atomic mass is 16.2. The first-order valence-corrected chi connectivity index (χ1v) is 7.60. The zero-order valence-corrected chi connectivity index (χ0v) is 13.3. The molecule has 1 aromatic carbocycles. The van der Waals surface area contributed by atoms with E-state index in [1.165, 1.54) is 5.56 Å². The lowest BCUT2D eigenvalue weighted by Crippen LogP contribution is -2.38. The SMILES string of the molecule is CC[C@@H](C)NC(=O)[C@H]1CC(=O)N(c2ccc(C)c(C)c2)C1. The average Bonchev–Trinajstić information content (AvgIpc) is 2.84. The van der Waals surface area contributed by atoms with Crippen LogP contribution in [0.15, 0.2) is 18.2 Å². The van der Waals surface area contributed by atoms with E-state index in [-0.39, 0.29) is 23.8 Å². The van der Waals surface area contributed by atoms with Crippen LogP contribution >= 0.6 is 0 Å². The summed E-state index contributed by atoms with van der Waals surface area (Å²) in [6.07, 6.45) is 1.20. The summed E-state index contributed by atoms with van der Waals surface area (Å²) in [6.45, 7) is 8.57. The first-order chi connectivity index (χ1) is 9.92. The molecule has 21 heavy (non-hydrogen) atoms. The smallest absolute Gasteiger partial charge is 0.227 e. The number of carbonyl (C=O) groups excluding carboxylic acids is 2. The average molecular weight is 288 g/mol. The molecule has 2 rings (SSSR count). The van der Waals surface area contributed by atoms with Crippen LogP contribution in [0.2, 0.25) is 0 Å². The highest BCUT2D eigenvalue weighted by Gasteiger charge is 2.35. The van der Waals surface area contributed by atoms with Crippen molar-refractivity contribution in [3.8, 4) is 0 Å². The third kappa shape index (κ3) is 3.43. The predicted molar refractivity (Wildman–Crippen MR) is 84.3 cm³/mol. The Kier molecular flexibility index (Phi) is 4.66. The maximum atomic E-state index is 12.2. The van der Waals surface area contributed by atoms with Crippen LogP contribution in [0.1, 0.15) is 37.8 Å². The summed E-state index contributed by atoms with van der Waals surface area (Å²) in [4.78, 5) is 26.1. The Balaban J connectivity index is 2.09. The molecule has 1 aliphatic rings. The highest BCUT2D eigenvalue weighted by Crippen LogP contribution is 2.27. The summed E-state index contributed by atoms with van der Waals surface area (Å²) < 4.78 is 0. The molecule has 1 aromatic rings. The van der Waals surface area contributed by atoms with E-state index < -0.39 is 0 Å². The molecule has 0 saturated carbocycles. The number of hydrogen-bond acceptors (Lipinski definition) is 2. The van der Waals surface area contributed by atoms with Gasteiger partial charge in [0.1, 0.15) is 0 Å². The van der Waals surface area contributed by atoms with Gasteiger partial charge in [0.15, 0.2) is 0 Å². The van der Waals surface area contributed by atoms with Gasteiger partial charge in [-0.05, 0) is 50.5 Å². The molecule has 1 heterocycles. The van der Waals surface area contributed by atoms with Crippen molar-refractivity contribution in [3.05, 3.63) is 29.3 Å². The molecule has 0 aliphatic carbocycles. The minimum Gasteiger partial charge on any atom is -0.353 e. The van der Waals surface area contributed by atoms with Crippen LogP contribution in [-0.4, -0.2) is 24.4 Å². The molecule has 4 heteroatoms. The van der Waals surface area contributed by atoms with E-state index in [1.54, 1.807) is 4.90 Å². The summed E-state index contributed by atoms with van der Waals surface area (Å²) in [5.74, 6) is -0.223. The van der Waals surface area contributed by atoms with Crippen molar-refractivity contribution in [1.82, 2.24) is 5.32 Å². The Morgan fingerprint density at radius 3 is 2.71 bits per heavy atom. The van der Waals surface area contributed by atoms with Crippen LogP contribution in [0.25, 0.3) is 0 Å². The minimum atomic E-state index is -0.242. The molecule has 1 saturated heterocycles. The number of nitrogens with zero attached hydrogens (tertiary/aromatic N) is 1. The normalized spacial score (nSPS) is 19.7. The first-order valence-electron chi connectivity index (χ1n) is 7.60. The minimum absolute atomic E-state index is 0.0102. The van der Waals surface area contributed by atoms with Crippen LogP contribution in [0.4, 0.5) is 5.69 Å². The van der Waals surface area contributed by atoms with E-state index in [9.17, 15) is 9.59 Å². The summed E-state index contributed by atoms with van der Waals surface area (Å²) in [6, 6.07) is 6.14. The molecule has 2 amide bonds. The molecule has 0 bridgehead atoms. The number of nitrogens with one attached hydrogen (secondary N) is 1. The van der Waals surface area contributed by atoms with Gasteiger partial charge in [0.2, 0.25) is 11.8 Å². The largest absolute Gasteiger partial charge is 0.353 e. The molecule has 0 spiro atoms. The fraction of sp³-hybridized carbons (Fsp3) is 0.529. The van der Waals surface area contributed by atoms with Gasteiger partial charge >= 0.3 is 0 Å². The van der Waals surface area contributed by atoms with Crippen molar-refractivity contribution in [1.29, 1.82) is 0 Å². The number of benzene rings is 1. The molecule has 114 valence electrons. The van der Waals surface area contributed by atoms with E-state index in [0.717, 1.165) is 17.7 Å². The number of aryl methyl sites for hydroxylation is 2. The van der Waals surface area contributed by atoms with E-state index in [4.69, 9.17) is 0 Å². The maximum Gasteiger partial charge on any atom is 0.227 e.